The first-order valence-electron chi connectivity index (χ1n) is 37.5. The summed E-state index contributed by atoms with van der Waals surface area (Å²) in [4.78, 5) is 26.7. The van der Waals surface area contributed by atoms with E-state index in [0.29, 0.717) is 12.8 Å². The molecule has 0 aromatic carbocycles. The van der Waals surface area contributed by atoms with Crippen molar-refractivity contribution < 1.29 is 49.3 Å². The lowest BCUT2D eigenvalue weighted by Gasteiger charge is -2.41. The van der Waals surface area contributed by atoms with Gasteiger partial charge in [0.2, 0.25) is 5.91 Å². The second-order valence-electron chi connectivity index (χ2n) is 25.7. The Hall–Kier alpha value is -3.42. The lowest BCUT2D eigenvalue weighted by atomic mass is 9.99. The Morgan fingerprint density at radius 3 is 1.17 bits per heavy atom. The number of allylic oxidation sites excluding steroid dienone is 15. The molecule has 1 amide bonds. The van der Waals surface area contributed by atoms with Crippen molar-refractivity contribution in [1.29, 1.82) is 0 Å². The van der Waals surface area contributed by atoms with E-state index in [9.17, 15) is 35.1 Å². The van der Waals surface area contributed by atoms with Gasteiger partial charge in [0.05, 0.1) is 25.4 Å². The Balaban J connectivity index is 2.55. The first-order chi connectivity index (χ1) is 44.2. The molecule has 1 heterocycles. The van der Waals surface area contributed by atoms with Crippen LogP contribution in [0.25, 0.3) is 0 Å². The minimum atomic E-state index is -1.62. The number of carbonyl (C=O) groups excluding carboxylic acids is 2. The average molecular weight is 1260 g/mol. The topological polar surface area (TPSA) is 175 Å². The zero-order chi connectivity index (χ0) is 65.3. The van der Waals surface area contributed by atoms with Gasteiger partial charge in [-0.2, -0.15) is 0 Å². The molecule has 1 aliphatic rings. The molecule has 0 bridgehead atoms. The standard InChI is InChI=1S/C79H139NO10/c1-4-7-10-13-16-19-22-25-27-29-31-33-35-37-39-41-43-45-47-49-52-55-58-61-64-67-74(84)90-77-76(86)75(85)73(68-81)89-79(77)88-69-70(71(82)65-62-59-56-53-50-24-21-18-15-12-9-6-3)80-78(87)72(83)66-63-60-57-54-51-48-46-44-42-40-38-36-34-32-30-28-26-23-20-17-14-11-8-5-2/h16-17,19-20,25-28,31-34,37,39,62,65,70-73,75-77,79,81-83,85-86H,4-15,18,21-24,29-30,35-36,38,40-61,63-64,66-69H2,1-3H3,(H,80,87)/b19-16-,20-17-,27-25-,28-26-,33-31-,34-32-,39-37-,65-62+. The number of hydrogen-bond acceptors (Lipinski definition) is 10. The monoisotopic (exact) mass is 1260 g/mol. The van der Waals surface area contributed by atoms with E-state index < -0.39 is 67.4 Å². The number of hydrogen-bond donors (Lipinski definition) is 6. The summed E-state index contributed by atoms with van der Waals surface area (Å²) in [5.41, 5.74) is 0. The molecule has 0 aliphatic carbocycles. The molecule has 0 saturated carbocycles. The fourth-order valence-corrected chi connectivity index (χ4v) is 11.3. The maximum absolute atomic E-state index is 13.5. The molecular formula is C79H139NO10. The Bertz CT molecular complexity index is 1840. The molecule has 8 atom stereocenters. The van der Waals surface area contributed by atoms with Crippen LogP contribution in [-0.4, -0.2) is 99.6 Å². The van der Waals surface area contributed by atoms with E-state index in [1.54, 1.807) is 6.08 Å². The fourth-order valence-electron chi connectivity index (χ4n) is 11.3. The number of ether oxygens (including phenoxy) is 3. The molecule has 1 fully saturated rings. The summed E-state index contributed by atoms with van der Waals surface area (Å²) in [6.45, 7) is 5.76. The second-order valence-corrected chi connectivity index (χ2v) is 25.7. The van der Waals surface area contributed by atoms with Crippen molar-refractivity contribution in [2.24, 2.45) is 0 Å². The fraction of sp³-hybridized carbons (Fsp3) is 0.772. The van der Waals surface area contributed by atoms with Gasteiger partial charge in [0.25, 0.3) is 0 Å². The van der Waals surface area contributed by atoms with Gasteiger partial charge in [0, 0.05) is 6.42 Å². The number of carbonyl (C=O) groups is 2. The van der Waals surface area contributed by atoms with Crippen LogP contribution in [0, 0.1) is 0 Å². The van der Waals surface area contributed by atoms with E-state index in [4.69, 9.17) is 14.2 Å². The largest absolute Gasteiger partial charge is 0.454 e. The van der Waals surface area contributed by atoms with Crippen LogP contribution >= 0.6 is 0 Å². The van der Waals surface area contributed by atoms with Crippen molar-refractivity contribution in [3.05, 3.63) is 97.2 Å². The van der Waals surface area contributed by atoms with Gasteiger partial charge >= 0.3 is 5.97 Å². The molecule has 8 unspecified atom stereocenters. The Morgan fingerprint density at radius 1 is 0.433 bits per heavy atom. The van der Waals surface area contributed by atoms with Crippen LogP contribution in [0.5, 0.6) is 0 Å². The summed E-state index contributed by atoms with van der Waals surface area (Å²) in [7, 11) is 0. The number of aliphatic hydroxyl groups excluding tert-OH is 5. The molecule has 11 heteroatoms. The molecule has 0 aromatic heterocycles. The predicted molar refractivity (Wildman–Crippen MR) is 379 cm³/mol. The Kier molecular flexibility index (Phi) is 61.7. The van der Waals surface area contributed by atoms with E-state index in [2.05, 4.69) is 111 Å². The first-order valence-corrected chi connectivity index (χ1v) is 37.5. The van der Waals surface area contributed by atoms with Crippen molar-refractivity contribution in [3.8, 4) is 0 Å². The average Bonchev–Trinajstić information content (AvgIpc) is 1.18. The molecule has 0 aromatic rings. The number of nitrogens with one attached hydrogen (secondary N) is 1. The van der Waals surface area contributed by atoms with Crippen molar-refractivity contribution in [2.75, 3.05) is 13.2 Å². The van der Waals surface area contributed by atoms with E-state index in [0.717, 1.165) is 109 Å². The molecular weight excluding hydrogens is 1120 g/mol. The molecule has 520 valence electrons. The minimum absolute atomic E-state index is 0.113. The number of unbranched alkanes of at least 4 members (excludes halogenated alkanes) is 36. The van der Waals surface area contributed by atoms with Crippen LogP contribution in [0.2, 0.25) is 0 Å². The SMILES string of the molecule is CCCCC/C=C\C/C=C\C/C=C\C/C=C\CCCCCCCCCCCC(=O)OC1C(OCC(NC(=O)C(O)CCCCCCCCCCCCC/C=C\C/C=C\C/C=C\CCCCC)C(O)/C=C/CCCCCCCCCCCC)OC(CO)C(O)C1O. The summed E-state index contributed by atoms with van der Waals surface area (Å²) in [5.74, 6) is -1.20. The maximum atomic E-state index is 13.5. The first kappa shape index (κ1) is 84.6. The van der Waals surface area contributed by atoms with E-state index >= 15 is 0 Å². The number of aliphatic hydroxyl groups is 5. The molecule has 1 saturated heterocycles. The van der Waals surface area contributed by atoms with Crippen molar-refractivity contribution in [1.82, 2.24) is 5.32 Å². The van der Waals surface area contributed by atoms with Crippen molar-refractivity contribution in [3.63, 3.8) is 0 Å². The third kappa shape index (κ3) is 52.0. The summed E-state index contributed by atoms with van der Waals surface area (Å²) < 4.78 is 17.7. The van der Waals surface area contributed by atoms with Crippen LogP contribution in [0.4, 0.5) is 0 Å². The molecule has 1 rings (SSSR count). The second kappa shape index (κ2) is 65.6. The minimum Gasteiger partial charge on any atom is -0.454 e. The van der Waals surface area contributed by atoms with Gasteiger partial charge in [-0.05, 0) is 109 Å². The third-order valence-corrected chi connectivity index (χ3v) is 17.2. The van der Waals surface area contributed by atoms with E-state index in [-0.39, 0.29) is 19.4 Å². The molecule has 1 aliphatic heterocycles. The highest BCUT2D eigenvalue weighted by Crippen LogP contribution is 2.26. The number of rotatable bonds is 64. The van der Waals surface area contributed by atoms with E-state index in [1.165, 1.54) is 173 Å². The van der Waals surface area contributed by atoms with E-state index in [1.807, 2.05) is 6.08 Å². The van der Waals surface area contributed by atoms with Gasteiger partial charge in [-0.1, -0.05) is 311 Å². The number of amides is 1. The van der Waals surface area contributed by atoms with Gasteiger partial charge < -0.3 is 45.1 Å². The smallest absolute Gasteiger partial charge is 0.306 e. The van der Waals surface area contributed by atoms with Gasteiger partial charge in [-0.25, -0.2) is 0 Å². The summed E-state index contributed by atoms with van der Waals surface area (Å²) in [5, 5.41) is 57.3. The zero-order valence-electron chi connectivity index (χ0n) is 58.0. The van der Waals surface area contributed by atoms with Gasteiger partial charge in [0.15, 0.2) is 12.4 Å². The highest BCUT2D eigenvalue weighted by molar-refractivity contribution is 5.80. The quantitative estimate of drug-likeness (QED) is 0.0195. The van der Waals surface area contributed by atoms with Crippen molar-refractivity contribution >= 4 is 11.9 Å². The summed E-state index contributed by atoms with van der Waals surface area (Å²) >= 11 is 0. The summed E-state index contributed by atoms with van der Waals surface area (Å²) in [6.07, 6.45) is 78.7. The lowest BCUT2D eigenvalue weighted by molar-refractivity contribution is -0.305. The lowest BCUT2D eigenvalue weighted by Crippen LogP contribution is -2.61. The highest BCUT2D eigenvalue weighted by Gasteiger charge is 2.47. The molecule has 0 radical (unpaired) electrons. The van der Waals surface area contributed by atoms with Crippen LogP contribution in [-0.2, 0) is 23.8 Å². The summed E-state index contributed by atoms with van der Waals surface area (Å²) in [6, 6.07) is -1.03. The van der Waals surface area contributed by atoms with Crippen LogP contribution in [0.1, 0.15) is 329 Å². The maximum Gasteiger partial charge on any atom is 0.306 e. The molecule has 11 nitrogen and oxygen atoms in total. The third-order valence-electron chi connectivity index (χ3n) is 17.2. The zero-order valence-corrected chi connectivity index (χ0v) is 58.0. The normalized spacial score (nSPS) is 18.6. The molecule has 0 spiro atoms. The van der Waals surface area contributed by atoms with Gasteiger partial charge in [-0.15, -0.1) is 0 Å². The number of esters is 1. The van der Waals surface area contributed by atoms with Gasteiger partial charge in [0.1, 0.15) is 24.4 Å². The Labute approximate surface area is 552 Å². The Morgan fingerprint density at radius 2 is 0.767 bits per heavy atom. The molecule has 90 heavy (non-hydrogen) atoms. The van der Waals surface area contributed by atoms with Crippen LogP contribution in [0.3, 0.4) is 0 Å². The molecule has 6 N–H and O–H groups in total. The van der Waals surface area contributed by atoms with Gasteiger partial charge in [-0.3, -0.25) is 9.59 Å². The predicted octanol–water partition coefficient (Wildman–Crippen LogP) is 19.8. The van der Waals surface area contributed by atoms with Crippen molar-refractivity contribution in [2.45, 2.75) is 378 Å². The van der Waals surface area contributed by atoms with Crippen LogP contribution in [0.15, 0.2) is 97.2 Å². The van der Waals surface area contributed by atoms with Crippen LogP contribution < -0.4 is 5.32 Å². The highest BCUT2D eigenvalue weighted by atomic mass is 16.7.